The number of nitrogens with zero attached hydrogens (tertiary/aromatic N) is 3. The summed E-state index contributed by atoms with van der Waals surface area (Å²) in [5, 5.41) is 10.2. The van der Waals surface area contributed by atoms with Crippen molar-refractivity contribution in [2.45, 2.75) is 19.3 Å². The molecule has 1 fully saturated rings. The SMILES string of the molecule is COc1ccc2nc(N3CCC(CCN(CC(N)=O)C(=O)O)CC3)ccc2c1. The van der Waals surface area contributed by atoms with Gasteiger partial charge in [-0.3, -0.25) is 9.69 Å². The molecular weight excluding hydrogens is 360 g/mol. The molecule has 0 saturated carbocycles. The Balaban J connectivity index is 1.55. The summed E-state index contributed by atoms with van der Waals surface area (Å²) in [6, 6.07) is 9.93. The number of nitrogens with two attached hydrogens (primary N) is 1. The van der Waals surface area contributed by atoms with Crippen LogP contribution in [-0.2, 0) is 4.79 Å². The van der Waals surface area contributed by atoms with Gasteiger partial charge in [0.2, 0.25) is 5.91 Å². The van der Waals surface area contributed by atoms with Crippen LogP contribution in [0.4, 0.5) is 10.6 Å². The number of aromatic nitrogens is 1. The number of carboxylic acid groups (broad SMARTS) is 1. The molecule has 1 saturated heterocycles. The molecular formula is C20H26N4O4. The number of anilines is 1. The van der Waals surface area contributed by atoms with E-state index in [0.29, 0.717) is 12.5 Å². The quantitative estimate of drug-likeness (QED) is 0.756. The van der Waals surface area contributed by atoms with E-state index in [1.807, 2.05) is 24.3 Å². The molecule has 2 heterocycles. The average molecular weight is 386 g/mol. The highest BCUT2D eigenvalue weighted by atomic mass is 16.5. The smallest absolute Gasteiger partial charge is 0.407 e. The van der Waals surface area contributed by atoms with Crippen LogP contribution in [0.1, 0.15) is 19.3 Å². The van der Waals surface area contributed by atoms with Crippen molar-refractivity contribution in [2.24, 2.45) is 11.7 Å². The summed E-state index contributed by atoms with van der Waals surface area (Å²) >= 11 is 0. The van der Waals surface area contributed by atoms with Crippen LogP contribution in [0.5, 0.6) is 5.75 Å². The number of pyridine rings is 1. The van der Waals surface area contributed by atoms with Gasteiger partial charge in [-0.1, -0.05) is 0 Å². The Morgan fingerprint density at radius 1 is 1.29 bits per heavy atom. The molecule has 0 unspecified atom stereocenters. The molecule has 2 amide bonds. The number of piperidine rings is 1. The maximum atomic E-state index is 11.2. The third-order valence-electron chi connectivity index (χ3n) is 5.24. The Labute approximate surface area is 163 Å². The lowest BCUT2D eigenvalue weighted by Crippen LogP contribution is -2.40. The second-order valence-corrected chi connectivity index (χ2v) is 7.12. The Bertz CT molecular complexity index is 849. The van der Waals surface area contributed by atoms with E-state index >= 15 is 0 Å². The number of fused-ring (bicyclic) bond motifs is 1. The van der Waals surface area contributed by atoms with Crippen molar-refractivity contribution < 1.29 is 19.4 Å². The maximum absolute atomic E-state index is 11.2. The molecule has 1 aromatic heterocycles. The summed E-state index contributed by atoms with van der Waals surface area (Å²) in [6.07, 6.45) is 1.56. The molecule has 8 heteroatoms. The topological polar surface area (TPSA) is 109 Å². The van der Waals surface area contributed by atoms with E-state index in [1.54, 1.807) is 7.11 Å². The molecule has 1 aliphatic heterocycles. The van der Waals surface area contributed by atoms with Crippen LogP contribution in [0.3, 0.4) is 0 Å². The first-order valence-corrected chi connectivity index (χ1v) is 9.42. The minimum Gasteiger partial charge on any atom is -0.497 e. The van der Waals surface area contributed by atoms with Gasteiger partial charge in [-0.2, -0.15) is 0 Å². The van der Waals surface area contributed by atoms with E-state index in [9.17, 15) is 9.59 Å². The lowest BCUT2D eigenvalue weighted by molar-refractivity contribution is -0.118. The second kappa shape index (κ2) is 8.77. The summed E-state index contributed by atoms with van der Waals surface area (Å²) in [4.78, 5) is 30.3. The summed E-state index contributed by atoms with van der Waals surface area (Å²) in [5.74, 6) is 1.57. The summed E-state index contributed by atoms with van der Waals surface area (Å²) in [5.41, 5.74) is 6.05. The fourth-order valence-corrected chi connectivity index (χ4v) is 3.62. The highest BCUT2D eigenvalue weighted by Crippen LogP contribution is 2.27. The zero-order valence-electron chi connectivity index (χ0n) is 16.0. The van der Waals surface area contributed by atoms with Crippen LogP contribution in [0, 0.1) is 5.92 Å². The zero-order chi connectivity index (χ0) is 20.1. The third kappa shape index (κ3) is 4.82. The van der Waals surface area contributed by atoms with Crippen molar-refractivity contribution in [1.82, 2.24) is 9.88 Å². The van der Waals surface area contributed by atoms with Crippen LogP contribution in [0.2, 0.25) is 0 Å². The van der Waals surface area contributed by atoms with E-state index in [2.05, 4.69) is 11.0 Å². The van der Waals surface area contributed by atoms with E-state index in [1.165, 1.54) is 0 Å². The van der Waals surface area contributed by atoms with Crippen molar-refractivity contribution in [3.05, 3.63) is 30.3 Å². The van der Waals surface area contributed by atoms with Crippen LogP contribution in [-0.4, -0.2) is 60.3 Å². The van der Waals surface area contributed by atoms with Gasteiger partial charge in [-0.15, -0.1) is 0 Å². The molecule has 0 bridgehead atoms. The number of hydrogen-bond donors (Lipinski definition) is 2. The van der Waals surface area contributed by atoms with Gasteiger partial charge in [0, 0.05) is 25.0 Å². The lowest BCUT2D eigenvalue weighted by atomic mass is 9.93. The first kappa shape index (κ1) is 19.7. The predicted octanol–water partition coefficient (Wildman–Crippen LogP) is 2.32. The van der Waals surface area contributed by atoms with Gasteiger partial charge in [-0.25, -0.2) is 9.78 Å². The molecule has 2 aromatic rings. The lowest BCUT2D eigenvalue weighted by Gasteiger charge is -2.33. The van der Waals surface area contributed by atoms with Crippen molar-refractivity contribution >= 4 is 28.7 Å². The Kier molecular flexibility index (Phi) is 6.18. The molecule has 3 N–H and O–H groups in total. The van der Waals surface area contributed by atoms with Gasteiger partial charge in [0.15, 0.2) is 0 Å². The number of primary amides is 1. The van der Waals surface area contributed by atoms with Crippen molar-refractivity contribution in [2.75, 3.05) is 38.2 Å². The fourth-order valence-electron chi connectivity index (χ4n) is 3.62. The average Bonchev–Trinajstić information content (AvgIpc) is 2.70. The van der Waals surface area contributed by atoms with Gasteiger partial charge in [0.1, 0.15) is 18.1 Å². The number of rotatable bonds is 7. The molecule has 1 aliphatic rings. The summed E-state index contributed by atoms with van der Waals surface area (Å²) in [6.45, 7) is 1.84. The molecule has 3 rings (SSSR count). The van der Waals surface area contributed by atoms with E-state index in [-0.39, 0.29) is 6.54 Å². The molecule has 1 aromatic carbocycles. The monoisotopic (exact) mass is 386 g/mol. The van der Waals surface area contributed by atoms with E-state index < -0.39 is 12.0 Å². The van der Waals surface area contributed by atoms with Crippen molar-refractivity contribution in [3.63, 3.8) is 0 Å². The highest BCUT2D eigenvalue weighted by Gasteiger charge is 2.22. The van der Waals surface area contributed by atoms with Crippen LogP contribution < -0.4 is 15.4 Å². The van der Waals surface area contributed by atoms with Gasteiger partial charge in [0.05, 0.1) is 12.6 Å². The normalized spacial score (nSPS) is 14.8. The summed E-state index contributed by atoms with van der Waals surface area (Å²) in [7, 11) is 1.65. The minimum absolute atomic E-state index is 0.250. The van der Waals surface area contributed by atoms with Gasteiger partial charge >= 0.3 is 6.09 Å². The van der Waals surface area contributed by atoms with Gasteiger partial charge in [0.25, 0.3) is 0 Å². The van der Waals surface area contributed by atoms with Gasteiger partial charge < -0.3 is 20.5 Å². The Morgan fingerprint density at radius 2 is 2.04 bits per heavy atom. The second-order valence-electron chi connectivity index (χ2n) is 7.12. The largest absolute Gasteiger partial charge is 0.497 e. The standard InChI is InChI=1S/C20H26N4O4/c1-28-16-3-4-17-15(12-16)2-5-19(22-17)23-9-6-14(7-10-23)8-11-24(20(26)27)13-18(21)25/h2-5,12,14H,6-11,13H2,1H3,(H2,21,25)(H,26,27). The zero-order valence-corrected chi connectivity index (χ0v) is 16.0. The third-order valence-corrected chi connectivity index (χ3v) is 5.24. The number of methoxy groups -OCH3 is 1. The predicted molar refractivity (Wildman–Crippen MR) is 107 cm³/mol. The Morgan fingerprint density at radius 3 is 2.68 bits per heavy atom. The molecule has 0 atom stereocenters. The molecule has 0 aliphatic carbocycles. The number of hydrogen-bond acceptors (Lipinski definition) is 5. The Hall–Kier alpha value is -3.03. The van der Waals surface area contributed by atoms with E-state index in [4.69, 9.17) is 20.6 Å². The number of ether oxygens (including phenoxy) is 1. The number of carbonyl (C=O) groups is 2. The van der Waals surface area contributed by atoms with Crippen LogP contribution in [0.15, 0.2) is 30.3 Å². The highest BCUT2D eigenvalue weighted by molar-refractivity contribution is 5.82. The van der Waals surface area contributed by atoms with Gasteiger partial charge in [-0.05, 0) is 55.5 Å². The minimum atomic E-state index is -1.10. The summed E-state index contributed by atoms with van der Waals surface area (Å²) < 4.78 is 5.25. The van der Waals surface area contributed by atoms with Crippen LogP contribution in [0.25, 0.3) is 10.9 Å². The van der Waals surface area contributed by atoms with Crippen molar-refractivity contribution in [3.8, 4) is 5.75 Å². The molecule has 150 valence electrons. The first-order valence-electron chi connectivity index (χ1n) is 9.42. The van der Waals surface area contributed by atoms with E-state index in [0.717, 1.165) is 59.7 Å². The number of amides is 2. The number of benzene rings is 1. The first-order chi connectivity index (χ1) is 13.5. The number of carbonyl (C=O) groups excluding carboxylic acids is 1. The molecule has 0 radical (unpaired) electrons. The molecule has 8 nitrogen and oxygen atoms in total. The fraction of sp³-hybridized carbons (Fsp3) is 0.450. The maximum Gasteiger partial charge on any atom is 0.407 e. The molecule has 0 spiro atoms. The van der Waals surface area contributed by atoms with Crippen LogP contribution >= 0.6 is 0 Å². The molecule has 28 heavy (non-hydrogen) atoms. The van der Waals surface area contributed by atoms with Crippen molar-refractivity contribution in [1.29, 1.82) is 0 Å².